The predicted octanol–water partition coefficient (Wildman–Crippen LogP) is 3.36. The Hall–Kier alpha value is -2.21. The van der Waals surface area contributed by atoms with Crippen molar-refractivity contribution >= 4 is 35.5 Å². The number of aliphatic carboxylic acids is 2. The Labute approximate surface area is 158 Å². The van der Waals surface area contributed by atoms with Gasteiger partial charge in [0.05, 0.1) is 18.1 Å². The van der Waals surface area contributed by atoms with Gasteiger partial charge < -0.3 is 15.1 Å². The molecule has 0 aromatic heterocycles. The fraction of sp³-hybridized carbons (Fsp3) is 0.368. The first-order valence-corrected chi connectivity index (χ1v) is 10.4. The number of carboxylic acid groups (broad SMARTS) is 2. The summed E-state index contributed by atoms with van der Waals surface area (Å²) in [4.78, 5) is 31.8. The summed E-state index contributed by atoms with van der Waals surface area (Å²) >= 11 is 0. The molecule has 0 aliphatic heterocycles. The van der Waals surface area contributed by atoms with Crippen LogP contribution in [0.3, 0.4) is 0 Å². The number of carboxylic acids is 2. The summed E-state index contributed by atoms with van der Waals surface area (Å²) in [5.74, 6) is -2.50. The first-order valence-electron chi connectivity index (χ1n) is 8.73. The molecule has 0 heterocycles. The summed E-state index contributed by atoms with van der Waals surface area (Å²) in [5, 5.41) is 21.6. The molecule has 0 amide bonds. The maximum Gasteiger partial charge on any atom is 0.304 e. The molecule has 1 atom stereocenters. The molecule has 7 nitrogen and oxygen atoms in total. The van der Waals surface area contributed by atoms with Gasteiger partial charge in [-0.25, -0.2) is 5.09 Å². The summed E-state index contributed by atoms with van der Waals surface area (Å²) in [5.41, 5.74) is 0. The molecule has 0 saturated heterocycles. The van der Waals surface area contributed by atoms with Crippen LogP contribution in [-0.2, 0) is 14.2 Å². The van der Waals surface area contributed by atoms with E-state index in [0.717, 1.165) is 10.8 Å². The Kier molecular flexibility index (Phi) is 9.15. The second kappa shape index (κ2) is 10.8. The minimum Gasteiger partial charge on any atom is -0.481 e. The van der Waals surface area contributed by atoms with Crippen molar-refractivity contribution < 1.29 is 29.3 Å². The highest BCUT2D eigenvalue weighted by molar-refractivity contribution is 7.64. The lowest BCUT2D eigenvalue weighted by atomic mass is 10.1. The third-order valence-electron chi connectivity index (χ3n) is 3.78. The maximum absolute atomic E-state index is 12.5. The van der Waals surface area contributed by atoms with Crippen molar-refractivity contribution in [1.82, 2.24) is 5.09 Å². The largest absolute Gasteiger partial charge is 0.481 e. The third-order valence-corrected chi connectivity index (χ3v) is 5.48. The number of hydrogen-bond donors (Lipinski definition) is 4. The Morgan fingerprint density at radius 3 is 1.96 bits per heavy atom. The Balaban J connectivity index is 0.000000828. The third kappa shape index (κ3) is 7.91. The molecule has 148 valence electrons. The molecule has 27 heavy (non-hydrogen) atoms. The van der Waals surface area contributed by atoms with Crippen molar-refractivity contribution in [2.24, 2.45) is 0 Å². The number of carbonyl (C=O) groups is 2. The Morgan fingerprint density at radius 1 is 0.963 bits per heavy atom. The standard InChI is InChI=1S/C15H16NO6P.C4H10/c17-14(18)8-12(9-15(19)20)16-23(21,22)13-6-5-10-3-1-2-4-11(10)7-13;1-3-4-2/h1-7,12H,8-9H2,(H,17,18)(H,19,20)(H2,16,21,22);3-4H2,1-2H3. The van der Waals surface area contributed by atoms with Gasteiger partial charge in [-0.15, -0.1) is 0 Å². The number of fused-ring (bicyclic) bond motifs is 1. The molecule has 0 bridgehead atoms. The molecule has 0 aliphatic rings. The highest BCUT2D eigenvalue weighted by Gasteiger charge is 2.28. The van der Waals surface area contributed by atoms with Crippen LogP contribution in [0.2, 0.25) is 0 Å². The van der Waals surface area contributed by atoms with E-state index < -0.39 is 38.3 Å². The van der Waals surface area contributed by atoms with Crippen LogP contribution < -0.4 is 10.4 Å². The van der Waals surface area contributed by atoms with Crippen LogP contribution in [0.15, 0.2) is 42.5 Å². The molecule has 0 aliphatic carbocycles. The number of rotatable bonds is 8. The summed E-state index contributed by atoms with van der Waals surface area (Å²) < 4.78 is 12.5. The van der Waals surface area contributed by atoms with Crippen LogP contribution in [-0.4, -0.2) is 33.1 Å². The summed E-state index contributed by atoms with van der Waals surface area (Å²) in [6, 6.07) is 10.8. The molecule has 0 saturated carbocycles. The van der Waals surface area contributed by atoms with Crippen LogP contribution in [0.25, 0.3) is 10.8 Å². The molecule has 2 aromatic carbocycles. The zero-order chi connectivity index (χ0) is 20.4. The van der Waals surface area contributed by atoms with Crippen molar-refractivity contribution in [3.63, 3.8) is 0 Å². The summed E-state index contributed by atoms with van der Waals surface area (Å²) in [7, 11) is -4.09. The van der Waals surface area contributed by atoms with E-state index in [2.05, 4.69) is 18.9 Å². The Morgan fingerprint density at radius 2 is 1.48 bits per heavy atom. The molecule has 0 fully saturated rings. The van der Waals surface area contributed by atoms with Gasteiger partial charge in [-0.3, -0.25) is 14.2 Å². The topological polar surface area (TPSA) is 124 Å². The van der Waals surface area contributed by atoms with Crippen molar-refractivity contribution in [2.45, 2.75) is 45.6 Å². The summed E-state index contributed by atoms with van der Waals surface area (Å²) in [6.07, 6.45) is 1.51. The fourth-order valence-electron chi connectivity index (χ4n) is 2.27. The van der Waals surface area contributed by atoms with E-state index in [0.29, 0.717) is 0 Å². The van der Waals surface area contributed by atoms with Gasteiger partial charge >= 0.3 is 11.9 Å². The summed E-state index contributed by atoms with van der Waals surface area (Å²) in [6.45, 7) is 4.36. The number of hydrogen-bond acceptors (Lipinski definition) is 3. The molecule has 8 heteroatoms. The minimum absolute atomic E-state index is 0.0944. The molecular weight excluding hydrogens is 369 g/mol. The zero-order valence-corrected chi connectivity index (χ0v) is 16.4. The molecule has 0 radical (unpaired) electrons. The van der Waals surface area contributed by atoms with E-state index in [-0.39, 0.29) is 5.30 Å². The smallest absolute Gasteiger partial charge is 0.304 e. The second-order valence-corrected chi connectivity index (χ2v) is 8.06. The molecule has 0 spiro atoms. The van der Waals surface area contributed by atoms with Crippen LogP contribution in [0, 0.1) is 0 Å². The average Bonchev–Trinajstić information content (AvgIpc) is 2.60. The first-order chi connectivity index (χ1) is 12.7. The van der Waals surface area contributed by atoms with Gasteiger partial charge in [0.1, 0.15) is 0 Å². The first kappa shape index (κ1) is 22.8. The molecule has 1 unspecified atom stereocenters. The normalized spacial score (nSPS) is 12.9. The second-order valence-electron chi connectivity index (χ2n) is 6.13. The molecule has 2 rings (SSSR count). The van der Waals surface area contributed by atoms with Crippen molar-refractivity contribution in [2.75, 3.05) is 0 Å². The van der Waals surface area contributed by atoms with Gasteiger partial charge in [-0.1, -0.05) is 57.0 Å². The zero-order valence-electron chi connectivity index (χ0n) is 15.5. The lowest BCUT2D eigenvalue weighted by Gasteiger charge is -2.20. The van der Waals surface area contributed by atoms with Crippen molar-refractivity contribution in [3.05, 3.63) is 42.5 Å². The Bertz CT molecular complexity index is 805. The van der Waals surface area contributed by atoms with E-state index in [9.17, 15) is 19.0 Å². The quantitative estimate of drug-likeness (QED) is 0.505. The predicted molar refractivity (Wildman–Crippen MR) is 105 cm³/mol. The number of benzene rings is 2. The van der Waals surface area contributed by atoms with Gasteiger partial charge in [0.15, 0.2) is 0 Å². The van der Waals surface area contributed by atoms with E-state index in [4.69, 9.17) is 10.2 Å². The highest BCUT2D eigenvalue weighted by atomic mass is 31.2. The molecule has 2 aromatic rings. The lowest BCUT2D eigenvalue weighted by Crippen LogP contribution is -2.34. The van der Waals surface area contributed by atoms with Crippen molar-refractivity contribution in [3.8, 4) is 0 Å². The van der Waals surface area contributed by atoms with Crippen LogP contribution in [0.1, 0.15) is 39.5 Å². The highest BCUT2D eigenvalue weighted by Crippen LogP contribution is 2.36. The van der Waals surface area contributed by atoms with E-state index in [1.807, 2.05) is 12.1 Å². The monoisotopic (exact) mass is 395 g/mol. The molecule has 4 N–H and O–H groups in total. The van der Waals surface area contributed by atoms with Crippen molar-refractivity contribution in [1.29, 1.82) is 0 Å². The molecular formula is C19H26NO6P. The van der Waals surface area contributed by atoms with Gasteiger partial charge in [0, 0.05) is 6.04 Å². The average molecular weight is 395 g/mol. The fourth-order valence-corrected chi connectivity index (χ4v) is 3.69. The van der Waals surface area contributed by atoms with Gasteiger partial charge in [0.25, 0.3) is 7.52 Å². The number of nitrogens with one attached hydrogen (secondary N) is 1. The van der Waals surface area contributed by atoms with Gasteiger partial charge in [-0.2, -0.15) is 0 Å². The lowest BCUT2D eigenvalue weighted by molar-refractivity contribution is -0.139. The maximum atomic E-state index is 12.5. The van der Waals surface area contributed by atoms with Crippen LogP contribution >= 0.6 is 7.52 Å². The van der Waals surface area contributed by atoms with Gasteiger partial charge in [-0.05, 0) is 22.9 Å². The van der Waals surface area contributed by atoms with Crippen LogP contribution in [0.4, 0.5) is 0 Å². The SMILES string of the molecule is CCCC.O=C(O)CC(CC(=O)O)NP(=O)(O)c1ccc2ccccc2c1. The van der Waals surface area contributed by atoms with E-state index in [1.165, 1.54) is 25.0 Å². The number of unbranched alkanes of at least 4 members (excludes halogenated alkanes) is 1. The van der Waals surface area contributed by atoms with E-state index in [1.54, 1.807) is 18.2 Å². The van der Waals surface area contributed by atoms with Gasteiger partial charge in [0.2, 0.25) is 0 Å². The van der Waals surface area contributed by atoms with E-state index >= 15 is 0 Å². The minimum atomic E-state index is -4.09. The van der Waals surface area contributed by atoms with Crippen LogP contribution in [0.5, 0.6) is 0 Å².